The normalized spacial score (nSPS) is 10.9. The van der Waals surface area contributed by atoms with Crippen LogP contribution in [0.15, 0.2) is 21.2 Å². The number of carbonyl (C=O) groups is 1. The summed E-state index contributed by atoms with van der Waals surface area (Å²) >= 11 is 8.70. The Morgan fingerprint density at radius 3 is 2.95 bits per heavy atom. The first-order valence-corrected chi connectivity index (χ1v) is 9.06. The lowest BCUT2D eigenvalue weighted by atomic mass is 10.3. The van der Waals surface area contributed by atoms with Crippen molar-refractivity contribution < 1.29 is 10.0 Å². The molecule has 0 spiro atoms. The molecule has 0 bridgehead atoms. The molecule has 0 saturated heterocycles. The van der Waals surface area contributed by atoms with Crippen LogP contribution in [0.2, 0.25) is 0 Å². The molecule has 0 atom stereocenters. The lowest BCUT2D eigenvalue weighted by Crippen LogP contribution is -2.27. The fourth-order valence-electron chi connectivity index (χ4n) is 1.90. The van der Waals surface area contributed by atoms with Crippen molar-refractivity contribution in [2.45, 2.75) is 6.42 Å². The number of aryl methyl sites for hydroxylation is 1. The predicted molar refractivity (Wildman–Crippen MR) is 91.1 cm³/mol. The van der Waals surface area contributed by atoms with Gasteiger partial charge in [-0.05, 0) is 49.9 Å². The van der Waals surface area contributed by atoms with Gasteiger partial charge in [-0.1, -0.05) is 0 Å². The minimum Gasteiger partial charge on any atom is -0.359 e. The number of hydrogen-bond donors (Lipinski definition) is 3. The zero-order chi connectivity index (χ0) is 15.4. The third kappa shape index (κ3) is 3.91. The average Bonchev–Trinajstić information content (AvgIpc) is 2.80. The third-order valence-electron chi connectivity index (χ3n) is 2.82. The van der Waals surface area contributed by atoms with E-state index in [1.54, 1.807) is 17.2 Å². The molecule has 0 aromatic carbocycles. The average molecular weight is 438 g/mol. The number of hydroxylamine groups is 1. The van der Waals surface area contributed by atoms with E-state index in [1.807, 2.05) is 22.9 Å². The maximum Gasteiger partial charge on any atom is 0.262 e. The number of pyridine rings is 1. The van der Waals surface area contributed by atoms with Crippen molar-refractivity contribution >= 4 is 61.0 Å². The SMILES string of the molecule is CSCCc1c(NCC(=O)NO)nc2c(Br)cc(Br)cn12. The Morgan fingerprint density at radius 1 is 1.52 bits per heavy atom. The zero-order valence-corrected chi connectivity index (χ0v) is 15.2. The van der Waals surface area contributed by atoms with Crippen LogP contribution in [0, 0.1) is 0 Å². The number of fused-ring (bicyclic) bond motifs is 1. The molecule has 21 heavy (non-hydrogen) atoms. The van der Waals surface area contributed by atoms with Crippen molar-refractivity contribution in [3.63, 3.8) is 0 Å². The Morgan fingerprint density at radius 2 is 2.29 bits per heavy atom. The zero-order valence-electron chi connectivity index (χ0n) is 11.2. The van der Waals surface area contributed by atoms with Gasteiger partial charge in [0.05, 0.1) is 16.7 Å². The van der Waals surface area contributed by atoms with E-state index in [0.29, 0.717) is 5.82 Å². The van der Waals surface area contributed by atoms with Crippen LogP contribution in [0.3, 0.4) is 0 Å². The number of aromatic nitrogens is 2. The maximum atomic E-state index is 11.2. The van der Waals surface area contributed by atoms with Crippen molar-refractivity contribution in [3.05, 3.63) is 26.9 Å². The van der Waals surface area contributed by atoms with E-state index in [9.17, 15) is 4.79 Å². The number of halogens is 2. The fourth-order valence-corrected chi connectivity index (χ4v) is 3.57. The third-order valence-corrected chi connectivity index (χ3v) is 4.45. The second kappa shape index (κ2) is 7.48. The summed E-state index contributed by atoms with van der Waals surface area (Å²) in [6.07, 6.45) is 4.80. The topological polar surface area (TPSA) is 78.7 Å². The Labute approximate surface area is 142 Å². The standard InChI is InChI=1S/C12H14Br2N4O2S/c1-21-3-2-9-11(15-5-10(19)17-20)16-12-8(14)4-7(13)6-18(9)12/h4,6,15,20H,2-3,5H2,1H3,(H,17,19). The summed E-state index contributed by atoms with van der Waals surface area (Å²) in [5, 5.41) is 11.5. The summed E-state index contributed by atoms with van der Waals surface area (Å²) in [5.74, 6) is 1.08. The molecule has 0 aliphatic carbocycles. The summed E-state index contributed by atoms with van der Waals surface area (Å²) in [5.41, 5.74) is 3.37. The quantitative estimate of drug-likeness (QED) is 0.478. The van der Waals surface area contributed by atoms with Crippen molar-refractivity contribution in [2.24, 2.45) is 0 Å². The Bertz CT molecular complexity index is 662. The van der Waals surface area contributed by atoms with Gasteiger partial charge in [0, 0.05) is 17.1 Å². The molecular weight excluding hydrogens is 424 g/mol. The molecule has 9 heteroatoms. The Balaban J connectivity index is 2.42. The maximum absolute atomic E-state index is 11.2. The van der Waals surface area contributed by atoms with Crippen molar-refractivity contribution in [1.82, 2.24) is 14.9 Å². The van der Waals surface area contributed by atoms with Crippen LogP contribution >= 0.6 is 43.6 Å². The number of anilines is 1. The molecular formula is C12H14Br2N4O2S. The Hall–Kier alpha value is -0.770. The van der Waals surface area contributed by atoms with E-state index >= 15 is 0 Å². The van der Waals surface area contributed by atoms with E-state index in [4.69, 9.17) is 5.21 Å². The van der Waals surface area contributed by atoms with Gasteiger partial charge in [-0.25, -0.2) is 10.5 Å². The van der Waals surface area contributed by atoms with Crippen LogP contribution in [0.4, 0.5) is 5.82 Å². The van der Waals surface area contributed by atoms with Crippen LogP contribution in [-0.2, 0) is 11.2 Å². The number of nitrogens with zero attached hydrogens (tertiary/aromatic N) is 2. The highest BCUT2D eigenvalue weighted by Gasteiger charge is 2.15. The van der Waals surface area contributed by atoms with Gasteiger partial charge >= 0.3 is 0 Å². The molecule has 3 N–H and O–H groups in total. The molecule has 2 rings (SSSR count). The molecule has 1 amide bonds. The van der Waals surface area contributed by atoms with Gasteiger partial charge in [0.1, 0.15) is 5.82 Å². The predicted octanol–water partition coefficient (Wildman–Crippen LogP) is 2.68. The van der Waals surface area contributed by atoms with Crippen molar-refractivity contribution in [2.75, 3.05) is 23.9 Å². The van der Waals surface area contributed by atoms with Gasteiger partial charge in [-0.3, -0.25) is 14.4 Å². The van der Waals surface area contributed by atoms with Crippen LogP contribution in [-0.4, -0.2) is 39.1 Å². The lowest BCUT2D eigenvalue weighted by Gasteiger charge is -2.06. The fraction of sp³-hybridized carbons (Fsp3) is 0.333. The monoisotopic (exact) mass is 436 g/mol. The first-order valence-electron chi connectivity index (χ1n) is 6.08. The van der Waals surface area contributed by atoms with Gasteiger partial charge < -0.3 is 5.32 Å². The van der Waals surface area contributed by atoms with Crippen LogP contribution in [0.5, 0.6) is 0 Å². The number of imidazole rings is 1. The van der Waals surface area contributed by atoms with Crippen molar-refractivity contribution in [3.8, 4) is 0 Å². The highest BCUT2D eigenvalue weighted by molar-refractivity contribution is 9.11. The number of thioether (sulfide) groups is 1. The molecule has 0 aliphatic heterocycles. The number of hydrogen-bond acceptors (Lipinski definition) is 5. The van der Waals surface area contributed by atoms with Gasteiger partial charge in [0.2, 0.25) is 0 Å². The number of rotatable bonds is 6. The first kappa shape index (κ1) is 16.6. The second-order valence-corrected chi connectivity index (χ2v) is 6.99. The minimum absolute atomic E-state index is 0.0363. The minimum atomic E-state index is -0.511. The van der Waals surface area contributed by atoms with Gasteiger partial charge in [0.25, 0.3) is 5.91 Å². The summed E-state index contributed by atoms with van der Waals surface area (Å²) in [7, 11) is 0. The highest BCUT2D eigenvalue weighted by atomic mass is 79.9. The van der Waals surface area contributed by atoms with Gasteiger partial charge in [-0.15, -0.1) is 0 Å². The number of nitrogens with one attached hydrogen (secondary N) is 2. The van der Waals surface area contributed by atoms with Gasteiger partial charge in [0.15, 0.2) is 5.65 Å². The summed E-state index contributed by atoms with van der Waals surface area (Å²) in [4.78, 5) is 15.7. The number of amides is 1. The Kier molecular flexibility index (Phi) is 5.91. The van der Waals surface area contributed by atoms with E-state index in [-0.39, 0.29) is 6.54 Å². The second-order valence-electron chi connectivity index (χ2n) is 4.24. The molecule has 2 aromatic heterocycles. The molecule has 114 valence electrons. The van der Waals surface area contributed by atoms with Crippen LogP contribution in [0.1, 0.15) is 5.69 Å². The van der Waals surface area contributed by atoms with E-state index in [0.717, 1.165) is 32.5 Å². The summed E-state index contributed by atoms with van der Waals surface area (Å²) < 4.78 is 3.79. The first-order chi connectivity index (χ1) is 10.1. The summed E-state index contributed by atoms with van der Waals surface area (Å²) in [6, 6.07) is 1.92. The molecule has 6 nitrogen and oxygen atoms in total. The highest BCUT2D eigenvalue weighted by Crippen LogP contribution is 2.27. The molecule has 0 radical (unpaired) electrons. The molecule has 0 saturated carbocycles. The molecule has 0 fully saturated rings. The van der Waals surface area contributed by atoms with E-state index in [2.05, 4.69) is 42.2 Å². The lowest BCUT2D eigenvalue weighted by molar-refractivity contribution is -0.127. The van der Waals surface area contributed by atoms with Gasteiger partial charge in [-0.2, -0.15) is 11.8 Å². The summed E-state index contributed by atoms with van der Waals surface area (Å²) in [6.45, 7) is -0.0363. The molecule has 0 aliphatic rings. The van der Waals surface area contributed by atoms with E-state index in [1.165, 1.54) is 0 Å². The smallest absolute Gasteiger partial charge is 0.262 e. The molecule has 2 aromatic rings. The van der Waals surface area contributed by atoms with E-state index < -0.39 is 5.91 Å². The number of carbonyl (C=O) groups excluding carboxylic acids is 1. The molecule has 0 unspecified atom stereocenters. The molecule has 2 heterocycles. The van der Waals surface area contributed by atoms with Crippen LogP contribution < -0.4 is 10.8 Å². The largest absolute Gasteiger partial charge is 0.359 e. The van der Waals surface area contributed by atoms with Crippen molar-refractivity contribution in [1.29, 1.82) is 0 Å². The van der Waals surface area contributed by atoms with Crippen LogP contribution in [0.25, 0.3) is 5.65 Å².